The van der Waals surface area contributed by atoms with Crippen LogP contribution in [0.5, 0.6) is 0 Å². The van der Waals surface area contributed by atoms with Crippen molar-refractivity contribution in [2.45, 2.75) is 19.3 Å². The first kappa shape index (κ1) is 12.1. The number of rotatable bonds is 4. The number of benzene rings is 1. The van der Waals surface area contributed by atoms with Gasteiger partial charge in [0.25, 0.3) is 0 Å². The Morgan fingerprint density at radius 2 is 1.89 bits per heavy atom. The van der Waals surface area contributed by atoms with Gasteiger partial charge in [-0.25, -0.2) is 15.0 Å². The molecule has 96 valence electrons. The minimum atomic E-state index is 0.442. The number of fused-ring (bicyclic) bond motifs is 1. The molecule has 1 N–H and O–H groups in total. The van der Waals surface area contributed by atoms with E-state index < -0.39 is 0 Å². The fraction of sp³-hybridized carbons (Fsp3) is 0.214. The van der Waals surface area contributed by atoms with E-state index in [2.05, 4.69) is 44.2 Å². The van der Waals surface area contributed by atoms with Crippen LogP contribution in [-0.2, 0) is 12.8 Å². The normalized spacial score (nSPS) is 11.0. The zero-order chi connectivity index (χ0) is 13.1. The molecule has 0 fully saturated rings. The highest BCUT2D eigenvalue weighted by molar-refractivity contribution is 6.33. The molecule has 19 heavy (non-hydrogen) atoms. The van der Waals surface area contributed by atoms with Crippen molar-refractivity contribution < 1.29 is 0 Å². The monoisotopic (exact) mass is 272 g/mol. The Hall–Kier alpha value is -1.94. The molecular weight excluding hydrogens is 260 g/mol. The van der Waals surface area contributed by atoms with Gasteiger partial charge in [0.05, 0.1) is 6.33 Å². The summed E-state index contributed by atoms with van der Waals surface area (Å²) in [6.07, 6.45) is 4.40. The molecule has 2 heterocycles. The lowest BCUT2D eigenvalue weighted by molar-refractivity contribution is 0.775. The van der Waals surface area contributed by atoms with Crippen molar-refractivity contribution in [3.8, 4) is 0 Å². The molecule has 0 saturated heterocycles. The number of hydrogen-bond acceptors (Lipinski definition) is 3. The Morgan fingerprint density at radius 3 is 2.74 bits per heavy atom. The third-order valence-electron chi connectivity index (χ3n) is 3.00. The van der Waals surface area contributed by atoms with Crippen LogP contribution < -0.4 is 0 Å². The second kappa shape index (κ2) is 5.36. The maximum Gasteiger partial charge on any atom is 0.182 e. The zero-order valence-corrected chi connectivity index (χ0v) is 11.1. The first-order valence-electron chi connectivity index (χ1n) is 6.22. The highest BCUT2D eigenvalue weighted by Gasteiger charge is 2.07. The fourth-order valence-electron chi connectivity index (χ4n) is 2.05. The van der Waals surface area contributed by atoms with Crippen molar-refractivity contribution in [3.63, 3.8) is 0 Å². The number of aromatic amines is 1. The number of nitrogens with zero attached hydrogens (tertiary/aromatic N) is 3. The molecule has 0 aliphatic heterocycles. The predicted molar refractivity (Wildman–Crippen MR) is 75.2 cm³/mol. The smallest absolute Gasteiger partial charge is 0.182 e. The maximum atomic E-state index is 6.08. The molecule has 3 rings (SSSR count). The van der Waals surface area contributed by atoms with E-state index in [1.807, 2.05) is 6.07 Å². The molecule has 1 aromatic carbocycles. The predicted octanol–water partition coefficient (Wildman–Crippen LogP) is 3.18. The lowest BCUT2D eigenvalue weighted by atomic mass is 10.1. The number of halogens is 1. The van der Waals surface area contributed by atoms with Crippen LogP contribution >= 0.6 is 11.6 Å². The van der Waals surface area contributed by atoms with Gasteiger partial charge in [-0.1, -0.05) is 41.9 Å². The number of H-pyrrole nitrogens is 1. The second-order valence-electron chi connectivity index (χ2n) is 4.37. The standard InChI is InChI=1S/C14H13ClN4/c15-13-12-14(17-9-16-12)19-11(18-13)8-4-7-10-5-2-1-3-6-10/h1-3,5-6,9H,4,7-8H2,(H,16,17,18,19). The fourth-order valence-corrected chi connectivity index (χ4v) is 2.28. The van der Waals surface area contributed by atoms with Gasteiger partial charge in [0, 0.05) is 6.42 Å². The summed E-state index contributed by atoms with van der Waals surface area (Å²) < 4.78 is 0. The van der Waals surface area contributed by atoms with E-state index in [1.165, 1.54) is 5.56 Å². The van der Waals surface area contributed by atoms with Crippen LogP contribution in [0.2, 0.25) is 5.15 Å². The molecule has 4 nitrogen and oxygen atoms in total. The van der Waals surface area contributed by atoms with Crippen molar-refractivity contribution in [3.05, 3.63) is 53.2 Å². The molecule has 5 heteroatoms. The molecule has 0 aliphatic carbocycles. The van der Waals surface area contributed by atoms with Crippen molar-refractivity contribution in [2.24, 2.45) is 0 Å². The first-order valence-corrected chi connectivity index (χ1v) is 6.60. The number of imidazole rings is 1. The van der Waals surface area contributed by atoms with E-state index in [1.54, 1.807) is 6.33 Å². The number of nitrogens with one attached hydrogen (secondary N) is 1. The molecule has 0 aliphatic rings. The zero-order valence-electron chi connectivity index (χ0n) is 10.3. The molecule has 0 spiro atoms. The number of aromatic nitrogens is 4. The molecule has 0 unspecified atom stereocenters. The number of hydrogen-bond donors (Lipinski definition) is 1. The van der Waals surface area contributed by atoms with Crippen LogP contribution in [-0.4, -0.2) is 19.9 Å². The van der Waals surface area contributed by atoms with Gasteiger partial charge in [0.2, 0.25) is 0 Å². The minimum absolute atomic E-state index is 0.442. The summed E-state index contributed by atoms with van der Waals surface area (Å²) in [6, 6.07) is 10.4. The van der Waals surface area contributed by atoms with Crippen molar-refractivity contribution in [2.75, 3.05) is 0 Å². The van der Waals surface area contributed by atoms with Crippen molar-refractivity contribution in [1.82, 2.24) is 19.9 Å². The second-order valence-corrected chi connectivity index (χ2v) is 4.73. The minimum Gasteiger partial charge on any atom is -0.341 e. The van der Waals surface area contributed by atoms with Crippen LogP contribution in [0.1, 0.15) is 17.8 Å². The topological polar surface area (TPSA) is 54.5 Å². The largest absolute Gasteiger partial charge is 0.341 e. The average molecular weight is 273 g/mol. The summed E-state index contributed by atoms with van der Waals surface area (Å²) in [7, 11) is 0. The molecule has 0 amide bonds. The third kappa shape index (κ3) is 2.74. The Bertz CT molecular complexity index is 678. The van der Waals surface area contributed by atoms with Gasteiger partial charge in [0.1, 0.15) is 11.3 Å². The molecule has 0 bridgehead atoms. The molecule has 3 aromatic rings. The van der Waals surface area contributed by atoms with E-state index >= 15 is 0 Å². The van der Waals surface area contributed by atoms with Crippen LogP contribution in [0.25, 0.3) is 11.2 Å². The lowest BCUT2D eigenvalue weighted by Crippen LogP contribution is -1.98. The Labute approximate surface area is 115 Å². The van der Waals surface area contributed by atoms with Gasteiger partial charge < -0.3 is 4.98 Å². The van der Waals surface area contributed by atoms with E-state index in [4.69, 9.17) is 11.6 Å². The van der Waals surface area contributed by atoms with Crippen LogP contribution in [0, 0.1) is 0 Å². The summed E-state index contributed by atoms with van der Waals surface area (Å²) in [5, 5.41) is 0.442. The Morgan fingerprint density at radius 1 is 1.05 bits per heavy atom. The van der Waals surface area contributed by atoms with E-state index in [0.29, 0.717) is 16.3 Å². The SMILES string of the molecule is Clc1nc(CCCc2ccccc2)nc2nc[nH]c12. The maximum absolute atomic E-state index is 6.08. The van der Waals surface area contributed by atoms with Crippen molar-refractivity contribution >= 4 is 22.8 Å². The van der Waals surface area contributed by atoms with Gasteiger partial charge in [-0.2, -0.15) is 0 Å². The van der Waals surface area contributed by atoms with E-state index in [0.717, 1.165) is 25.1 Å². The summed E-state index contributed by atoms with van der Waals surface area (Å²) in [5.41, 5.74) is 2.66. The van der Waals surface area contributed by atoms with E-state index in [-0.39, 0.29) is 0 Å². The van der Waals surface area contributed by atoms with Crippen LogP contribution in [0.3, 0.4) is 0 Å². The summed E-state index contributed by atoms with van der Waals surface area (Å²) >= 11 is 6.08. The van der Waals surface area contributed by atoms with Crippen LogP contribution in [0.15, 0.2) is 36.7 Å². The molecular formula is C14H13ClN4. The summed E-state index contributed by atoms with van der Waals surface area (Å²) in [5.74, 6) is 0.750. The van der Waals surface area contributed by atoms with Crippen molar-refractivity contribution in [1.29, 1.82) is 0 Å². The lowest BCUT2D eigenvalue weighted by Gasteiger charge is -2.02. The first-order chi connectivity index (χ1) is 9.33. The van der Waals surface area contributed by atoms with Gasteiger partial charge in [-0.05, 0) is 18.4 Å². The molecule has 0 saturated carbocycles. The van der Waals surface area contributed by atoms with Gasteiger partial charge in [0.15, 0.2) is 10.8 Å². The Kier molecular flexibility index (Phi) is 3.42. The van der Waals surface area contributed by atoms with E-state index in [9.17, 15) is 0 Å². The highest BCUT2D eigenvalue weighted by Crippen LogP contribution is 2.17. The summed E-state index contributed by atoms with van der Waals surface area (Å²) in [6.45, 7) is 0. The van der Waals surface area contributed by atoms with Gasteiger partial charge in [-0.3, -0.25) is 0 Å². The Balaban J connectivity index is 1.68. The quantitative estimate of drug-likeness (QED) is 0.742. The van der Waals surface area contributed by atoms with Gasteiger partial charge in [-0.15, -0.1) is 0 Å². The molecule has 2 aromatic heterocycles. The summed E-state index contributed by atoms with van der Waals surface area (Å²) in [4.78, 5) is 15.7. The molecule has 0 radical (unpaired) electrons. The van der Waals surface area contributed by atoms with Crippen LogP contribution in [0.4, 0.5) is 0 Å². The number of aryl methyl sites for hydroxylation is 2. The highest BCUT2D eigenvalue weighted by atomic mass is 35.5. The molecule has 0 atom stereocenters. The third-order valence-corrected chi connectivity index (χ3v) is 3.27. The van der Waals surface area contributed by atoms with Gasteiger partial charge >= 0.3 is 0 Å². The average Bonchev–Trinajstić information content (AvgIpc) is 2.89.